The average Bonchev–Trinajstić information content (AvgIpc) is 2.62. The molecule has 0 aliphatic heterocycles. The van der Waals surface area contributed by atoms with Gasteiger partial charge in [0.1, 0.15) is 5.75 Å². The van der Waals surface area contributed by atoms with Gasteiger partial charge in [0.05, 0.1) is 7.11 Å². The summed E-state index contributed by atoms with van der Waals surface area (Å²) in [5.41, 5.74) is 0.542. The Morgan fingerprint density at radius 1 is 1.04 bits per heavy atom. The maximum absolute atomic E-state index is 12.2. The third-order valence-electron chi connectivity index (χ3n) is 3.56. The first-order chi connectivity index (χ1) is 11.7. The van der Waals surface area contributed by atoms with Gasteiger partial charge in [0, 0.05) is 18.7 Å². The lowest BCUT2D eigenvalue weighted by Gasteiger charge is -2.21. The third-order valence-corrected chi connectivity index (χ3v) is 3.56. The number of carbonyl (C=O) groups excluding carboxylic acids is 1. The highest BCUT2D eigenvalue weighted by Crippen LogP contribution is 2.15. The van der Waals surface area contributed by atoms with Crippen molar-refractivity contribution in [1.29, 1.82) is 0 Å². The minimum Gasteiger partial charge on any atom is -0.497 e. The van der Waals surface area contributed by atoms with Crippen LogP contribution >= 0.6 is 0 Å². The van der Waals surface area contributed by atoms with E-state index in [2.05, 4.69) is 34.3 Å². The van der Waals surface area contributed by atoms with Crippen molar-refractivity contribution in [3.8, 4) is 5.75 Å². The molecule has 0 spiro atoms. The fourth-order valence-electron chi connectivity index (χ4n) is 2.37. The van der Waals surface area contributed by atoms with Crippen LogP contribution in [0, 0.1) is 0 Å². The summed E-state index contributed by atoms with van der Waals surface area (Å²) in [6.07, 6.45) is 2.11. The number of anilines is 2. The maximum atomic E-state index is 12.2. The molecule has 6 heteroatoms. The number of amides is 1. The van der Waals surface area contributed by atoms with Gasteiger partial charge in [-0.25, -0.2) is 0 Å². The fourth-order valence-corrected chi connectivity index (χ4v) is 2.37. The van der Waals surface area contributed by atoms with E-state index in [1.54, 1.807) is 37.4 Å². The van der Waals surface area contributed by atoms with E-state index >= 15 is 0 Å². The highest BCUT2D eigenvalue weighted by Gasteiger charge is 2.10. The van der Waals surface area contributed by atoms with Crippen molar-refractivity contribution >= 4 is 17.5 Å². The lowest BCUT2D eigenvalue weighted by atomic mass is 10.2. The van der Waals surface area contributed by atoms with Gasteiger partial charge in [-0.15, -0.1) is 10.2 Å². The molecule has 1 aromatic carbocycles. The van der Waals surface area contributed by atoms with Crippen molar-refractivity contribution in [3.63, 3.8) is 0 Å². The Labute approximate surface area is 142 Å². The fraction of sp³-hybridized carbons (Fsp3) is 0.389. The van der Waals surface area contributed by atoms with Crippen molar-refractivity contribution in [2.75, 3.05) is 30.4 Å². The number of aromatic nitrogens is 2. The van der Waals surface area contributed by atoms with Gasteiger partial charge in [-0.2, -0.15) is 0 Å². The van der Waals surface area contributed by atoms with Crippen LogP contribution in [0.15, 0.2) is 36.4 Å². The number of nitrogens with zero attached hydrogens (tertiary/aromatic N) is 3. The Kier molecular flexibility index (Phi) is 6.54. The van der Waals surface area contributed by atoms with Gasteiger partial charge >= 0.3 is 0 Å². The monoisotopic (exact) mass is 328 g/mol. The summed E-state index contributed by atoms with van der Waals surface area (Å²) < 4.78 is 5.08. The van der Waals surface area contributed by atoms with E-state index in [1.165, 1.54) is 0 Å². The number of rotatable bonds is 8. The Morgan fingerprint density at radius 2 is 1.71 bits per heavy atom. The Hall–Kier alpha value is -2.63. The topological polar surface area (TPSA) is 67.4 Å². The minimum absolute atomic E-state index is 0.223. The first kappa shape index (κ1) is 17.7. The van der Waals surface area contributed by atoms with Gasteiger partial charge in [0.15, 0.2) is 11.6 Å². The van der Waals surface area contributed by atoms with E-state index < -0.39 is 0 Å². The molecule has 2 aromatic rings. The summed E-state index contributed by atoms with van der Waals surface area (Å²) in [5, 5.41) is 11.1. The smallest absolute Gasteiger partial charge is 0.256 e. The SMILES string of the molecule is CCCN(CCC)c1ccc(NC(=O)c2ccc(OC)cc2)nn1. The predicted octanol–water partition coefficient (Wildman–Crippen LogP) is 3.36. The van der Waals surface area contributed by atoms with Crippen LogP contribution in [0.5, 0.6) is 5.75 Å². The zero-order valence-electron chi connectivity index (χ0n) is 14.5. The van der Waals surface area contributed by atoms with E-state index in [4.69, 9.17) is 4.74 Å². The standard InChI is InChI=1S/C18H24N4O2/c1-4-12-22(13-5-2)17-11-10-16(20-21-17)19-18(23)14-6-8-15(24-3)9-7-14/h6-11H,4-5,12-13H2,1-3H3,(H,19,20,23). The summed E-state index contributed by atoms with van der Waals surface area (Å²) in [4.78, 5) is 14.4. The normalized spacial score (nSPS) is 10.3. The van der Waals surface area contributed by atoms with Crippen molar-refractivity contribution in [2.24, 2.45) is 0 Å². The van der Waals surface area contributed by atoms with Crippen molar-refractivity contribution in [3.05, 3.63) is 42.0 Å². The molecule has 1 heterocycles. The molecule has 0 atom stereocenters. The van der Waals surface area contributed by atoms with E-state index in [-0.39, 0.29) is 5.91 Å². The molecule has 0 aliphatic carbocycles. The van der Waals surface area contributed by atoms with Crippen LogP contribution in [0.1, 0.15) is 37.0 Å². The molecule has 1 amide bonds. The van der Waals surface area contributed by atoms with E-state index in [9.17, 15) is 4.79 Å². The third kappa shape index (κ3) is 4.68. The lowest BCUT2D eigenvalue weighted by molar-refractivity contribution is 0.102. The van der Waals surface area contributed by atoms with Crippen LogP contribution in [0.2, 0.25) is 0 Å². The number of hydrogen-bond acceptors (Lipinski definition) is 5. The molecule has 0 bridgehead atoms. The highest BCUT2D eigenvalue weighted by molar-refractivity contribution is 6.03. The van der Waals surface area contributed by atoms with Gasteiger partial charge in [-0.05, 0) is 49.2 Å². The Morgan fingerprint density at radius 3 is 2.21 bits per heavy atom. The largest absolute Gasteiger partial charge is 0.497 e. The van der Waals surface area contributed by atoms with Crippen LogP contribution < -0.4 is 15.0 Å². The number of hydrogen-bond donors (Lipinski definition) is 1. The van der Waals surface area contributed by atoms with Gasteiger partial charge in [0.25, 0.3) is 5.91 Å². The molecule has 1 N–H and O–H groups in total. The van der Waals surface area contributed by atoms with Crippen molar-refractivity contribution in [2.45, 2.75) is 26.7 Å². The summed E-state index contributed by atoms with van der Waals surface area (Å²) in [7, 11) is 1.59. The molecule has 0 saturated carbocycles. The van der Waals surface area contributed by atoms with Gasteiger partial charge < -0.3 is 15.0 Å². The lowest BCUT2D eigenvalue weighted by Crippen LogP contribution is -2.26. The minimum atomic E-state index is -0.223. The van der Waals surface area contributed by atoms with Crippen molar-refractivity contribution < 1.29 is 9.53 Å². The molecular formula is C18H24N4O2. The molecule has 24 heavy (non-hydrogen) atoms. The summed E-state index contributed by atoms with van der Waals surface area (Å²) in [6.45, 7) is 6.17. The van der Waals surface area contributed by atoms with Crippen LogP contribution in [0.3, 0.4) is 0 Å². The van der Waals surface area contributed by atoms with Crippen LogP contribution in [-0.2, 0) is 0 Å². The summed E-state index contributed by atoms with van der Waals surface area (Å²) in [5.74, 6) is 1.76. The molecule has 1 aromatic heterocycles. The molecule has 6 nitrogen and oxygen atoms in total. The predicted molar refractivity (Wildman–Crippen MR) is 95.8 cm³/mol. The van der Waals surface area contributed by atoms with E-state index in [1.807, 2.05) is 6.07 Å². The first-order valence-corrected chi connectivity index (χ1v) is 8.22. The van der Waals surface area contributed by atoms with Gasteiger partial charge in [0.2, 0.25) is 0 Å². The van der Waals surface area contributed by atoms with Crippen LogP contribution in [-0.4, -0.2) is 36.3 Å². The number of ether oxygens (including phenoxy) is 1. The number of benzene rings is 1. The average molecular weight is 328 g/mol. The number of carbonyl (C=O) groups is 1. The van der Waals surface area contributed by atoms with Crippen LogP contribution in [0.4, 0.5) is 11.6 Å². The molecule has 2 rings (SSSR count). The Balaban J connectivity index is 2.03. The molecule has 128 valence electrons. The second kappa shape index (κ2) is 8.86. The van der Waals surface area contributed by atoms with E-state index in [0.29, 0.717) is 17.1 Å². The molecular weight excluding hydrogens is 304 g/mol. The van der Waals surface area contributed by atoms with Crippen molar-refractivity contribution in [1.82, 2.24) is 10.2 Å². The highest BCUT2D eigenvalue weighted by atomic mass is 16.5. The second-order valence-corrected chi connectivity index (χ2v) is 5.45. The van der Waals surface area contributed by atoms with Crippen LogP contribution in [0.25, 0.3) is 0 Å². The number of nitrogens with one attached hydrogen (secondary N) is 1. The second-order valence-electron chi connectivity index (χ2n) is 5.45. The number of methoxy groups -OCH3 is 1. The zero-order valence-corrected chi connectivity index (χ0v) is 14.5. The zero-order chi connectivity index (χ0) is 17.4. The molecule has 0 aliphatic rings. The molecule has 0 fully saturated rings. The van der Waals surface area contributed by atoms with Gasteiger partial charge in [-0.1, -0.05) is 13.8 Å². The van der Waals surface area contributed by atoms with E-state index in [0.717, 1.165) is 31.7 Å². The van der Waals surface area contributed by atoms with Gasteiger partial charge in [-0.3, -0.25) is 4.79 Å². The molecule has 0 saturated heterocycles. The quantitative estimate of drug-likeness (QED) is 0.805. The maximum Gasteiger partial charge on any atom is 0.256 e. The first-order valence-electron chi connectivity index (χ1n) is 8.22. The molecule has 0 unspecified atom stereocenters. The summed E-state index contributed by atoms with van der Waals surface area (Å²) >= 11 is 0. The summed E-state index contributed by atoms with van der Waals surface area (Å²) in [6, 6.07) is 10.6. The molecule has 0 radical (unpaired) electrons. The Bertz CT molecular complexity index is 635.